The summed E-state index contributed by atoms with van der Waals surface area (Å²) >= 11 is 3.24. The summed E-state index contributed by atoms with van der Waals surface area (Å²) in [6, 6.07) is 11.9. The average molecular weight is 333 g/mol. The van der Waals surface area contributed by atoms with Crippen LogP contribution in [0.15, 0.2) is 46.9 Å². The predicted molar refractivity (Wildman–Crippen MR) is 80.6 cm³/mol. The van der Waals surface area contributed by atoms with Gasteiger partial charge in [0, 0.05) is 15.6 Å². The SMILES string of the molecule is O=C(c1ccc(C2CCC2)cc1)c1ccc(F)cc1Br. The highest BCUT2D eigenvalue weighted by Gasteiger charge is 2.20. The molecule has 0 aromatic heterocycles. The number of rotatable bonds is 3. The summed E-state index contributed by atoms with van der Waals surface area (Å²) in [6.07, 6.45) is 3.79. The molecule has 20 heavy (non-hydrogen) atoms. The van der Waals surface area contributed by atoms with Gasteiger partial charge in [0.05, 0.1) is 0 Å². The van der Waals surface area contributed by atoms with Crippen LogP contribution in [-0.2, 0) is 0 Å². The van der Waals surface area contributed by atoms with Crippen LogP contribution < -0.4 is 0 Å². The van der Waals surface area contributed by atoms with Gasteiger partial charge in [-0.15, -0.1) is 0 Å². The Bertz CT molecular complexity index is 645. The van der Waals surface area contributed by atoms with Crippen LogP contribution in [0.1, 0.15) is 46.7 Å². The van der Waals surface area contributed by atoms with Crippen LogP contribution in [0.3, 0.4) is 0 Å². The summed E-state index contributed by atoms with van der Waals surface area (Å²) < 4.78 is 13.6. The maximum absolute atomic E-state index is 13.1. The molecule has 1 aliphatic carbocycles. The molecule has 2 aromatic rings. The Hall–Kier alpha value is -1.48. The van der Waals surface area contributed by atoms with E-state index in [-0.39, 0.29) is 11.6 Å². The molecule has 0 atom stereocenters. The number of benzene rings is 2. The van der Waals surface area contributed by atoms with E-state index in [2.05, 4.69) is 15.9 Å². The zero-order chi connectivity index (χ0) is 14.1. The lowest BCUT2D eigenvalue weighted by atomic mass is 9.80. The second kappa shape index (κ2) is 5.49. The van der Waals surface area contributed by atoms with Crippen LogP contribution in [-0.4, -0.2) is 5.78 Å². The standard InChI is InChI=1S/C17H14BrFO/c18-16-10-14(19)8-9-15(16)17(20)13-6-4-12(5-7-13)11-2-1-3-11/h4-11H,1-3H2. The Morgan fingerprint density at radius 2 is 1.80 bits per heavy atom. The third kappa shape index (κ3) is 2.55. The first-order chi connectivity index (χ1) is 9.65. The molecule has 0 amide bonds. The van der Waals surface area contributed by atoms with E-state index in [4.69, 9.17) is 0 Å². The van der Waals surface area contributed by atoms with Crippen molar-refractivity contribution in [2.24, 2.45) is 0 Å². The van der Waals surface area contributed by atoms with Gasteiger partial charge in [0.25, 0.3) is 0 Å². The van der Waals surface area contributed by atoms with Gasteiger partial charge >= 0.3 is 0 Å². The highest BCUT2D eigenvalue weighted by atomic mass is 79.9. The molecule has 1 nitrogen and oxygen atoms in total. The molecule has 0 aliphatic heterocycles. The van der Waals surface area contributed by atoms with Crippen molar-refractivity contribution in [2.45, 2.75) is 25.2 Å². The van der Waals surface area contributed by atoms with E-state index in [0.29, 0.717) is 21.5 Å². The summed E-state index contributed by atoms with van der Waals surface area (Å²) in [7, 11) is 0. The van der Waals surface area contributed by atoms with Crippen molar-refractivity contribution in [3.63, 3.8) is 0 Å². The largest absolute Gasteiger partial charge is 0.289 e. The van der Waals surface area contributed by atoms with Gasteiger partial charge in [0.15, 0.2) is 5.78 Å². The van der Waals surface area contributed by atoms with Crippen LogP contribution in [0.2, 0.25) is 0 Å². The maximum atomic E-state index is 13.1. The number of ketones is 1. The maximum Gasteiger partial charge on any atom is 0.194 e. The molecule has 0 unspecified atom stereocenters. The molecule has 0 spiro atoms. The summed E-state index contributed by atoms with van der Waals surface area (Å²) in [5.41, 5.74) is 2.44. The highest BCUT2D eigenvalue weighted by molar-refractivity contribution is 9.10. The second-order valence-electron chi connectivity index (χ2n) is 5.20. The van der Waals surface area contributed by atoms with E-state index in [1.807, 2.05) is 24.3 Å². The number of hydrogen-bond acceptors (Lipinski definition) is 1. The third-order valence-electron chi connectivity index (χ3n) is 3.93. The number of hydrogen-bond donors (Lipinski definition) is 0. The molecule has 1 saturated carbocycles. The van der Waals surface area contributed by atoms with Gasteiger partial charge < -0.3 is 0 Å². The number of carbonyl (C=O) groups excluding carboxylic acids is 1. The monoisotopic (exact) mass is 332 g/mol. The topological polar surface area (TPSA) is 17.1 Å². The lowest BCUT2D eigenvalue weighted by Gasteiger charge is -2.25. The molecule has 1 fully saturated rings. The Balaban J connectivity index is 1.86. The van der Waals surface area contributed by atoms with Crippen LogP contribution in [0, 0.1) is 5.82 Å². The first-order valence-electron chi connectivity index (χ1n) is 6.75. The molecule has 1 aliphatic rings. The molecule has 0 N–H and O–H groups in total. The zero-order valence-electron chi connectivity index (χ0n) is 10.9. The van der Waals surface area contributed by atoms with Crippen LogP contribution in [0.5, 0.6) is 0 Å². The van der Waals surface area contributed by atoms with Crippen molar-refractivity contribution in [1.82, 2.24) is 0 Å². The van der Waals surface area contributed by atoms with E-state index < -0.39 is 0 Å². The average Bonchev–Trinajstić information content (AvgIpc) is 2.37. The molecular weight excluding hydrogens is 319 g/mol. The fourth-order valence-corrected chi connectivity index (χ4v) is 3.01. The van der Waals surface area contributed by atoms with Gasteiger partial charge in [0.2, 0.25) is 0 Å². The van der Waals surface area contributed by atoms with Gasteiger partial charge in [-0.25, -0.2) is 4.39 Å². The van der Waals surface area contributed by atoms with Crippen molar-refractivity contribution >= 4 is 21.7 Å². The predicted octanol–water partition coefficient (Wildman–Crippen LogP) is 5.09. The minimum atomic E-state index is -0.353. The summed E-state index contributed by atoms with van der Waals surface area (Å²) in [5.74, 6) is 0.225. The fourth-order valence-electron chi connectivity index (χ4n) is 2.48. The van der Waals surface area contributed by atoms with Crippen LogP contribution >= 0.6 is 15.9 Å². The quantitative estimate of drug-likeness (QED) is 0.716. The van der Waals surface area contributed by atoms with E-state index in [1.165, 1.54) is 43.0 Å². The Morgan fingerprint density at radius 3 is 2.35 bits per heavy atom. The van der Waals surface area contributed by atoms with Gasteiger partial charge in [0.1, 0.15) is 5.82 Å². The van der Waals surface area contributed by atoms with Crippen molar-refractivity contribution in [1.29, 1.82) is 0 Å². The molecule has 102 valence electrons. The second-order valence-corrected chi connectivity index (χ2v) is 6.06. The fraction of sp³-hybridized carbons (Fsp3) is 0.235. The van der Waals surface area contributed by atoms with Crippen LogP contribution in [0.4, 0.5) is 4.39 Å². The Kier molecular flexibility index (Phi) is 3.70. The van der Waals surface area contributed by atoms with E-state index in [1.54, 1.807) is 0 Å². The number of carbonyl (C=O) groups is 1. The summed E-state index contributed by atoms with van der Waals surface area (Å²) in [5, 5.41) is 0. The van der Waals surface area contributed by atoms with Crippen molar-refractivity contribution in [3.05, 3.63) is 69.4 Å². The molecule has 3 rings (SSSR count). The number of halogens is 2. The van der Waals surface area contributed by atoms with E-state index in [0.717, 1.165) is 0 Å². The van der Waals surface area contributed by atoms with Crippen molar-refractivity contribution in [3.8, 4) is 0 Å². The molecular formula is C17H14BrFO. The Labute approximate surface area is 126 Å². The first-order valence-corrected chi connectivity index (χ1v) is 7.54. The normalized spacial score (nSPS) is 14.9. The summed E-state index contributed by atoms with van der Waals surface area (Å²) in [6.45, 7) is 0. The van der Waals surface area contributed by atoms with Crippen molar-refractivity contribution in [2.75, 3.05) is 0 Å². The minimum absolute atomic E-state index is 0.0861. The lowest BCUT2D eigenvalue weighted by molar-refractivity contribution is 0.103. The smallest absolute Gasteiger partial charge is 0.194 e. The molecule has 0 heterocycles. The zero-order valence-corrected chi connectivity index (χ0v) is 12.5. The molecule has 0 radical (unpaired) electrons. The molecule has 2 aromatic carbocycles. The minimum Gasteiger partial charge on any atom is -0.289 e. The van der Waals surface area contributed by atoms with Gasteiger partial charge in [-0.1, -0.05) is 30.7 Å². The summed E-state index contributed by atoms with van der Waals surface area (Å²) in [4.78, 5) is 12.4. The third-order valence-corrected chi connectivity index (χ3v) is 4.58. The van der Waals surface area contributed by atoms with Crippen molar-refractivity contribution < 1.29 is 9.18 Å². The molecule has 0 saturated heterocycles. The molecule has 0 bridgehead atoms. The van der Waals surface area contributed by atoms with Gasteiger partial charge in [-0.3, -0.25) is 4.79 Å². The first kappa shape index (κ1) is 13.5. The van der Waals surface area contributed by atoms with E-state index >= 15 is 0 Å². The molecule has 3 heteroatoms. The lowest BCUT2D eigenvalue weighted by Crippen LogP contribution is -2.09. The van der Waals surface area contributed by atoms with E-state index in [9.17, 15) is 9.18 Å². The van der Waals surface area contributed by atoms with Gasteiger partial charge in [-0.05, 0) is 58.5 Å². The van der Waals surface area contributed by atoms with Gasteiger partial charge in [-0.2, -0.15) is 0 Å². The Morgan fingerprint density at radius 1 is 1.10 bits per heavy atom. The van der Waals surface area contributed by atoms with Crippen LogP contribution in [0.25, 0.3) is 0 Å². The highest BCUT2D eigenvalue weighted by Crippen LogP contribution is 2.36.